The predicted molar refractivity (Wildman–Crippen MR) is 68.4 cm³/mol. The molecule has 2 heterocycles. The minimum absolute atomic E-state index is 0.587. The van der Waals surface area contributed by atoms with Crippen LogP contribution in [0.3, 0.4) is 0 Å². The normalized spacial score (nSPS) is 11.0. The lowest BCUT2D eigenvalue weighted by Crippen LogP contribution is -2.05. The summed E-state index contributed by atoms with van der Waals surface area (Å²) in [5, 5.41) is 13.1. The Labute approximate surface area is 108 Å². The van der Waals surface area contributed by atoms with Crippen molar-refractivity contribution in [3.05, 3.63) is 46.9 Å². The van der Waals surface area contributed by atoms with Crippen LogP contribution in [0, 0.1) is 6.92 Å². The number of pyridine rings is 1. The number of aryl methyl sites for hydroxylation is 1. The van der Waals surface area contributed by atoms with Crippen LogP contribution in [0.5, 0.6) is 0 Å². The molecule has 0 radical (unpaired) electrons. The SMILES string of the molecule is Cc1nnnn1Cc1ccc(Cl)c2cccnc12. The van der Waals surface area contributed by atoms with Crippen LogP contribution >= 0.6 is 11.6 Å². The molecule has 0 saturated carbocycles. The molecule has 0 aliphatic heterocycles. The van der Waals surface area contributed by atoms with Gasteiger partial charge in [-0.05, 0) is 35.5 Å². The summed E-state index contributed by atoms with van der Waals surface area (Å²) in [5.41, 5.74) is 1.94. The van der Waals surface area contributed by atoms with E-state index in [0.717, 1.165) is 22.3 Å². The maximum absolute atomic E-state index is 6.16. The van der Waals surface area contributed by atoms with Crippen molar-refractivity contribution in [2.24, 2.45) is 0 Å². The largest absolute Gasteiger partial charge is 0.256 e. The van der Waals surface area contributed by atoms with E-state index in [9.17, 15) is 0 Å². The van der Waals surface area contributed by atoms with Crippen molar-refractivity contribution in [1.29, 1.82) is 0 Å². The van der Waals surface area contributed by atoms with Gasteiger partial charge in [0.05, 0.1) is 12.1 Å². The van der Waals surface area contributed by atoms with Crippen molar-refractivity contribution in [3.63, 3.8) is 0 Å². The number of hydrogen-bond donors (Lipinski definition) is 0. The van der Waals surface area contributed by atoms with Crippen LogP contribution in [0.2, 0.25) is 5.02 Å². The van der Waals surface area contributed by atoms with Gasteiger partial charge in [0.15, 0.2) is 0 Å². The number of aromatic nitrogens is 5. The first-order valence-electron chi connectivity index (χ1n) is 5.50. The molecule has 18 heavy (non-hydrogen) atoms. The highest BCUT2D eigenvalue weighted by molar-refractivity contribution is 6.35. The number of rotatable bonds is 2. The van der Waals surface area contributed by atoms with E-state index in [4.69, 9.17) is 11.6 Å². The number of benzene rings is 1. The molecule has 0 aliphatic carbocycles. The van der Waals surface area contributed by atoms with Crippen LogP contribution in [0.1, 0.15) is 11.4 Å². The zero-order valence-electron chi connectivity index (χ0n) is 9.71. The molecule has 6 heteroatoms. The molecule has 0 saturated heterocycles. The average Bonchev–Trinajstić information content (AvgIpc) is 2.79. The summed E-state index contributed by atoms with van der Waals surface area (Å²) in [6, 6.07) is 7.67. The number of halogens is 1. The molecular weight excluding hydrogens is 250 g/mol. The Kier molecular flexibility index (Phi) is 2.68. The Morgan fingerprint density at radius 1 is 1.28 bits per heavy atom. The summed E-state index contributed by atoms with van der Waals surface area (Å²) in [4.78, 5) is 4.39. The van der Waals surface area contributed by atoms with Crippen LogP contribution in [0.15, 0.2) is 30.5 Å². The summed E-state index contributed by atoms with van der Waals surface area (Å²) < 4.78 is 1.73. The number of hydrogen-bond acceptors (Lipinski definition) is 4. The van der Waals surface area contributed by atoms with Gasteiger partial charge in [0.2, 0.25) is 0 Å². The molecule has 1 aromatic carbocycles. The molecule has 5 nitrogen and oxygen atoms in total. The fourth-order valence-corrected chi connectivity index (χ4v) is 2.10. The summed E-state index contributed by atoms with van der Waals surface area (Å²) in [5.74, 6) is 0.772. The third-order valence-corrected chi connectivity index (χ3v) is 3.16. The van der Waals surface area contributed by atoms with Crippen molar-refractivity contribution >= 4 is 22.5 Å². The maximum Gasteiger partial charge on any atom is 0.148 e. The summed E-state index contributed by atoms with van der Waals surface area (Å²) in [6.45, 7) is 2.45. The predicted octanol–water partition coefficient (Wildman–Crippen LogP) is 2.23. The average molecular weight is 260 g/mol. The van der Waals surface area contributed by atoms with Crippen LogP contribution < -0.4 is 0 Å². The lowest BCUT2D eigenvalue weighted by molar-refractivity contribution is 0.635. The fraction of sp³-hybridized carbons (Fsp3) is 0.167. The van der Waals surface area contributed by atoms with E-state index in [2.05, 4.69) is 20.5 Å². The standard InChI is InChI=1S/C12H10ClN5/c1-8-15-16-17-18(8)7-9-4-5-11(13)10-3-2-6-14-12(9)10/h2-6H,7H2,1H3. The van der Waals surface area contributed by atoms with Gasteiger partial charge in [-0.15, -0.1) is 5.10 Å². The first kappa shape index (κ1) is 11.1. The van der Waals surface area contributed by atoms with Gasteiger partial charge in [-0.1, -0.05) is 17.7 Å². The maximum atomic E-state index is 6.16. The third kappa shape index (κ3) is 1.82. The third-order valence-electron chi connectivity index (χ3n) is 2.83. The van der Waals surface area contributed by atoms with Crippen LogP contribution in [-0.2, 0) is 6.54 Å². The Bertz CT molecular complexity index is 707. The molecule has 0 N–H and O–H groups in total. The summed E-state index contributed by atoms with van der Waals surface area (Å²) in [6.07, 6.45) is 1.76. The zero-order valence-corrected chi connectivity index (χ0v) is 10.5. The molecule has 2 aromatic heterocycles. The topological polar surface area (TPSA) is 56.5 Å². The van der Waals surface area contributed by atoms with Gasteiger partial charge < -0.3 is 0 Å². The second-order valence-corrected chi connectivity index (χ2v) is 4.40. The molecular formula is C12H10ClN5. The highest BCUT2D eigenvalue weighted by Crippen LogP contribution is 2.25. The zero-order chi connectivity index (χ0) is 12.5. The lowest BCUT2D eigenvalue weighted by Gasteiger charge is -2.07. The highest BCUT2D eigenvalue weighted by Gasteiger charge is 2.08. The van der Waals surface area contributed by atoms with Crippen LogP contribution in [-0.4, -0.2) is 25.2 Å². The second-order valence-electron chi connectivity index (χ2n) is 3.99. The van der Waals surface area contributed by atoms with E-state index in [1.54, 1.807) is 10.9 Å². The van der Waals surface area contributed by atoms with E-state index in [-0.39, 0.29) is 0 Å². The van der Waals surface area contributed by atoms with Crippen LogP contribution in [0.25, 0.3) is 10.9 Å². The Morgan fingerprint density at radius 3 is 2.94 bits per heavy atom. The van der Waals surface area contributed by atoms with Crippen molar-refractivity contribution in [3.8, 4) is 0 Å². The molecule has 0 aliphatic rings. The lowest BCUT2D eigenvalue weighted by atomic mass is 10.1. The minimum Gasteiger partial charge on any atom is -0.256 e. The van der Waals surface area contributed by atoms with Crippen molar-refractivity contribution in [2.75, 3.05) is 0 Å². The highest BCUT2D eigenvalue weighted by atomic mass is 35.5. The van der Waals surface area contributed by atoms with Gasteiger partial charge in [-0.25, -0.2) is 4.68 Å². The smallest absolute Gasteiger partial charge is 0.148 e. The molecule has 3 aromatic rings. The molecule has 0 spiro atoms. The van der Waals surface area contributed by atoms with Crippen LogP contribution in [0.4, 0.5) is 0 Å². The van der Waals surface area contributed by atoms with Gasteiger partial charge in [0, 0.05) is 22.2 Å². The quantitative estimate of drug-likeness (QED) is 0.708. The monoisotopic (exact) mass is 259 g/mol. The molecule has 0 unspecified atom stereocenters. The van der Waals surface area contributed by atoms with Gasteiger partial charge in [0.25, 0.3) is 0 Å². The van der Waals surface area contributed by atoms with Gasteiger partial charge in [-0.2, -0.15) is 0 Å². The Hall–Kier alpha value is -2.01. The van der Waals surface area contributed by atoms with Gasteiger partial charge in [-0.3, -0.25) is 4.98 Å². The van der Waals surface area contributed by atoms with E-state index >= 15 is 0 Å². The Morgan fingerprint density at radius 2 is 2.17 bits per heavy atom. The molecule has 90 valence electrons. The molecule has 0 amide bonds. The van der Waals surface area contributed by atoms with Gasteiger partial charge >= 0.3 is 0 Å². The summed E-state index contributed by atoms with van der Waals surface area (Å²) >= 11 is 6.16. The van der Waals surface area contributed by atoms with E-state index in [0.29, 0.717) is 11.6 Å². The molecule has 0 atom stereocenters. The number of nitrogens with zero attached hydrogens (tertiary/aromatic N) is 5. The first-order chi connectivity index (χ1) is 8.75. The Balaban J connectivity index is 2.13. The molecule has 0 bridgehead atoms. The first-order valence-corrected chi connectivity index (χ1v) is 5.88. The second kappa shape index (κ2) is 4.34. The van der Waals surface area contributed by atoms with E-state index in [1.807, 2.05) is 31.2 Å². The fourth-order valence-electron chi connectivity index (χ4n) is 1.88. The van der Waals surface area contributed by atoms with Crippen molar-refractivity contribution in [2.45, 2.75) is 13.5 Å². The van der Waals surface area contributed by atoms with Gasteiger partial charge in [0.1, 0.15) is 5.82 Å². The number of fused-ring (bicyclic) bond motifs is 1. The number of tetrazole rings is 1. The van der Waals surface area contributed by atoms with E-state index < -0.39 is 0 Å². The van der Waals surface area contributed by atoms with Crippen molar-refractivity contribution in [1.82, 2.24) is 25.2 Å². The van der Waals surface area contributed by atoms with E-state index in [1.165, 1.54) is 0 Å². The minimum atomic E-state index is 0.587. The molecule has 3 rings (SSSR count). The molecule has 0 fully saturated rings. The summed E-state index contributed by atoms with van der Waals surface area (Å²) in [7, 11) is 0. The van der Waals surface area contributed by atoms with Crippen molar-refractivity contribution < 1.29 is 0 Å².